The molecule has 2 nitrogen and oxygen atoms in total. The van der Waals surface area contributed by atoms with Crippen LogP contribution in [0.5, 0.6) is 5.75 Å². The molecule has 2 rings (SSSR count). The fraction of sp³-hybridized carbons (Fsp3) is 0.333. The molecule has 1 aromatic carbocycles. The van der Waals surface area contributed by atoms with Crippen LogP contribution in [-0.4, -0.2) is 14.2 Å². The lowest BCUT2D eigenvalue weighted by Gasteiger charge is -1.99. The average Bonchev–Trinajstić information content (AvgIpc) is 2.57. The number of hydrogen-bond donors (Lipinski definition) is 1. The van der Waals surface area contributed by atoms with Gasteiger partial charge in [-0.15, -0.1) is 11.3 Å². The van der Waals surface area contributed by atoms with Gasteiger partial charge in [-0.2, -0.15) is 0 Å². The molecular weight excluding hydrogens is 206 g/mol. The molecule has 0 aliphatic carbocycles. The molecule has 2 aromatic rings. The van der Waals surface area contributed by atoms with Gasteiger partial charge in [-0.1, -0.05) is 12.1 Å². The number of nitrogens with one attached hydrogen (secondary N) is 1. The zero-order valence-corrected chi connectivity index (χ0v) is 10.1. The van der Waals surface area contributed by atoms with Crippen LogP contribution in [0.3, 0.4) is 0 Å². The molecule has 0 fully saturated rings. The van der Waals surface area contributed by atoms with Gasteiger partial charge in [-0.3, -0.25) is 0 Å². The molecule has 3 heteroatoms. The predicted molar refractivity (Wildman–Crippen MR) is 65.9 cm³/mol. The maximum atomic E-state index is 5.36. The van der Waals surface area contributed by atoms with Crippen LogP contribution in [0.2, 0.25) is 0 Å². The number of fused-ring (bicyclic) bond motifs is 1. The lowest BCUT2D eigenvalue weighted by molar-refractivity contribution is 0.420. The molecule has 0 unspecified atom stereocenters. The Labute approximate surface area is 93.9 Å². The van der Waals surface area contributed by atoms with Gasteiger partial charge in [0.25, 0.3) is 0 Å². The maximum Gasteiger partial charge on any atom is 0.136 e. The van der Waals surface area contributed by atoms with Crippen LogP contribution in [0.4, 0.5) is 0 Å². The molecule has 0 radical (unpaired) electrons. The van der Waals surface area contributed by atoms with Crippen LogP contribution in [-0.2, 0) is 6.54 Å². The minimum atomic E-state index is 0.925. The second-order valence-electron chi connectivity index (χ2n) is 3.52. The van der Waals surface area contributed by atoms with E-state index in [4.69, 9.17) is 4.74 Å². The van der Waals surface area contributed by atoms with Gasteiger partial charge in [-0.05, 0) is 31.0 Å². The number of ether oxygens (including phenoxy) is 1. The van der Waals surface area contributed by atoms with Crippen molar-refractivity contribution in [1.29, 1.82) is 0 Å². The molecule has 0 aliphatic heterocycles. The first-order chi connectivity index (χ1) is 7.27. The van der Waals surface area contributed by atoms with Gasteiger partial charge < -0.3 is 10.1 Å². The van der Waals surface area contributed by atoms with E-state index in [1.54, 1.807) is 7.11 Å². The highest BCUT2D eigenvalue weighted by molar-refractivity contribution is 7.19. The normalized spacial score (nSPS) is 10.9. The van der Waals surface area contributed by atoms with Crippen molar-refractivity contribution in [2.24, 2.45) is 0 Å². The van der Waals surface area contributed by atoms with Crippen LogP contribution in [0, 0.1) is 6.92 Å². The van der Waals surface area contributed by atoms with E-state index in [1.807, 2.05) is 30.5 Å². The molecule has 0 saturated carbocycles. The Bertz CT molecular complexity index is 476. The van der Waals surface area contributed by atoms with Crippen molar-refractivity contribution in [1.82, 2.24) is 5.32 Å². The van der Waals surface area contributed by atoms with Crippen LogP contribution >= 0.6 is 11.3 Å². The van der Waals surface area contributed by atoms with Gasteiger partial charge in [0, 0.05) is 11.4 Å². The lowest BCUT2D eigenvalue weighted by atomic mass is 10.1. The van der Waals surface area contributed by atoms with Crippen LogP contribution in [0.25, 0.3) is 10.1 Å². The summed E-state index contributed by atoms with van der Waals surface area (Å²) in [5.74, 6) is 0.975. The minimum Gasteiger partial charge on any atom is -0.495 e. The Morgan fingerprint density at radius 1 is 1.40 bits per heavy atom. The Balaban J connectivity index is 2.64. The summed E-state index contributed by atoms with van der Waals surface area (Å²) in [7, 11) is 3.70. The number of benzene rings is 1. The van der Waals surface area contributed by atoms with Crippen LogP contribution in [0.15, 0.2) is 18.2 Å². The summed E-state index contributed by atoms with van der Waals surface area (Å²) < 4.78 is 6.62. The van der Waals surface area contributed by atoms with E-state index in [2.05, 4.69) is 18.3 Å². The third-order valence-corrected chi connectivity index (χ3v) is 3.91. The first-order valence-corrected chi connectivity index (χ1v) is 5.79. The smallest absolute Gasteiger partial charge is 0.136 e. The van der Waals surface area contributed by atoms with Crippen LogP contribution < -0.4 is 10.1 Å². The third-order valence-electron chi connectivity index (χ3n) is 2.58. The zero-order valence-electron chi connectivity index (χ0n) is 9.26. The van der Waals surface area contributed by atoms with Gasteiger partial charge in [0.1, 0.15) is 5.75 Å². The van der Waals surface area contributed by atoms with E-state index in [1.165, 1.54) is 20.5 Å². The summed E-state index contributed by atoms with van der Waals surface area (Å²) in [6.07, 6.45) is 0. The predicted octanol–water partition coefficient (Wildman–Crippen LogP) is 2.94. The van der Waals surface area contributed by atoms with E-state index in [9.17, 15) is 0 Å². The number of aryl methyl sites for hydroxylation is 1. The SMILES string of the molecule is CNCc1sc2c(OC)cccc2c1C. The standard InChI is InChI=1S/C12H15NOS/c1-8-9-5-4-6-10(14-3)12(9)15-11(8)7-13-2/h4-6,13H,7H2,1-3H3. The van der Waals surface area contributed by atoms with Crippen molar-refractivity contribution >= 4 is 21.4 Å². The Morgan fingerprint density at radius 2 is 2.20 bits per heavy atom. The Kier molecular flexibility index (Phi) is 2.93. The molecule has 0 spiro atoms. The molecule has 0 aliphatic rings. The lowest BCUT2D eigenvalue weighted by Crippen LogP contribution is -2.03. The van der Waals surface area contributed by atoms with Crippen molar-refractivity contribution in [3.63, 3.8) is 0 Å². The van der Waals surface area contributed by atoms with Crippen molar-refractivity contribution < 1.29 is 4.74 Å². The molecule has 0 bridgehead atoms. The molecule has 15 heavy (non-hydrogen) atoms. The highest BCUT2D eigenvalue weighted by Gasteiger charge is 2.10. The van der Waals surface area contributed by atoms with Crippen molar-refractivity contribution in [2.45, 2.75) is 13.5 Å². The summed E-state index contributed by atoms with van der Waals surface area (Å²) in [4.78, 5) is 1.39. The summed E-state index contributed by atoms with van der Waals surface area (Å²) >= 11 is 1.81. The van der Waals surface area contributed by atoms with Crippen molar-refractivity contribution in [3.8, 4) is 5.75 Å². The second-order valence-corrected chi connectivity index (χ2v) is 4.62. The topological polar surface area (TPSA) is 21.3 Å². The van der Waals surface area contributed by atoms with E-state index < -0.39 is 0 Å². The van der Waals surface area contributed by atoms with Gasteiger partial charge >= 0.3 is 0 Å². The first kappa shape index (κ1) is 10.5. The molecule has 0 amide bonds. The van der Waals surface area contributed by atoms with Gasteiger partial charge in [0.15, 0.2) is 0 Å². The quantitative estimate of drug-likeness (QED) is 0.860. The summed E-state index contributed by atoms with van der Waals surface area (Å²) in [5.41, 5.74) is 1.36. The maximum absolute atomic E-state index is 5.36. The first-order valence-electron chi connectivity index (χ1n) is 4.97. The second kappa shape index (κ2) is 4.21. The summed E-state index contributed by atoms with van der Waals surface area (Å²) in [6, 6.07) is 6.22. The molecule has 1 heterocycles. The van der Waals surface area contributed by atoms with E-state index >= 15 is 0 Å². The Morgan fingerprint density at radius 3 is 2.87 bits per heavy atom. The van der Waals surface area contributed by atoms with E-state index in [-0.39, 0.29) is 0 Å². The van der Waals surface area contributed by atoms with Crippen molar-refractivity contribution in [2.75, 3.05) is 14.2 Å². The number of methoxy groups -OCH3 is 1. The largest absolute Gasteiger partial charge is 0.495 e. The summed E-state index contributed by atoms with van der Waals surface area (Å²) in [5, 5.41) is 4.50. The van der Waals surface area contributed by atoms with Gasteiger partial charge in [0.2, 0.25) is 0 Å². The molecule has 1 N–H and O–H groups in total. The highest BCUT2D eigenvalue weighted by atomic mass is 32.1. The molecule has 0 atom stereocenters. The molecule has 0 saturated heterocycles. The van der Waals surface area contributed by atoms with E-state index in [0.717, 1.165) is 12.3 Å². The number of thiophene rings is 1. The third kappa shape index (κ3) is 1.73. The van der Waals surface area contributed by atoms with Gasteiger partial charge in [-0.25, -0.2) is 0 Å². The fourth-order valence-corrected chi connectivity index (χ4v) is 3.07. The fourth-order valence-electron chi connectivity index (χ4n) is 1.76. The average molecular weight is 221 g/mol. The summed E-state index contributed by atoms with van der Waals surface area (Å²) in [6.45, 7) is 3.10. The van der Waals surface area contributed by atoms with Crippen LogP contribution in [0.1, 0.15) is 10.4 Å². The number of rotatable bonds is 3. The monoisotopic (exact) mass is 221 g/mol. The minimum absolute atomic E-state index is 0.925. The number of hydrogen-bond acceptors (Lipinski definition) is 3. The molecule has 80 valence electrons. The van der Waals surface area contributed by atoms with Gasteiger partial charge in [0.05, 0.1) is 11.8 Å². The molecule has 1 aromatic heterocycles. The van der Waals surface area contributed by atoms with Crippen molar-refractivity contribution in [3.05, 3.63) is 28.6 Å². The van der Waals surface area contributed by atoms with E-state index in [0.29, 0.717) is 0 Å². The zero-order chi connectivity index (χ0) is 10.8. The highest BCUT2D eigenvalue weighted by Crippen LogP contribution is 2.36. The molecular formula is C12H15NOS. The Hall–Kier alpha value is -1.06.